The molecule has 2 N–H and O–H groups in total. The fourth-order valence-electron chi connectivity index (χ4n) is 1.52. The Balaban J connectivity index is 1.89. The minimum atomic E-state index is -0.560. The number of carbonyl (C=O) groups excluding carboxylic acids is 1. The zero-order chi connectivity index (χ0) is 13.7. The van der Waals surface area contributed by atoms with Gasteiger partial charge < -0.3 is 10.6 Å². The molecule has 0 spiro atoms. The molecule has 2 aromatic carbocycles. The molecule has 0 fully saturated rings. The Kier molecular flexibility index (Phi) is 4.36. The van der Waals surface area contributed by atoms with Crippen molar-refractivity contribution in [2.45, 2.75) is 0 Å². The van der Waals surface area contributed by atoms with Gasteiger partial charge in [0.25, 0.3) is 0 Å². The molecule has 0 unspecified atom stereocenters. The molecule has 2 aromatic rings. The van der Waals surface area contributed by atoms with Crippen LogP contribution in [0.3, 0.4) is 0 Å². The fourth-order valence-corrected chi connectivity index (χ4v) is 1.63. The molecule has 0 saturated heterocycles. The third-order valence-electron chi connectivity index (χ3n) is 2.43. The normalized spacial score (nSPS) is 10.0. The summed E-state index contributed by atoms with van der Waals surface area (Å²) in [6.07, 6.45) is 0. The predicted molar refractivity (Wildman–Crippen MR) is 75.0 cm³/mol. The first-order chi connectivity index (χ1) is 9.15. The van der Waals surface area contributed by atoms with Gasteiger partial charge in [0.2, 0.25) is 5.91 Å². The Morgan fingerprint density at radius 1 is 1.11 bits per heavy atom. The molecular weight excluding hydrogens is 267 g/mol. The molecule has 5 heteroatoms. The number of para-hydroxylation sites is 1. The molecule has 0 aliphatic rings. The highest BCUT2D eigenvalue weighted by molar-refractivity contribution is 6.30. The average molecular weight is 279 g/mol. The van der Waals surface area contributed by atoms with Crippen LogP contribution in [0, 0.1) is 5.82 Å². The van der Waals surface area contributed by atoms with Crippen molar-refractivity contribution in [3.8, 4) is 0 Å². The molecule has 0 bridgehead atoms. The Morgan fingerprint density at radius 3 is 2.53 bits per heavy atom. The van der Waals surface area contributed by atoms with E-state index in [1.165, 1.54) is 12.1 Å². The Labute approximate surface area is 115 Å². The van der Waals surface area contributed by atoms with E-state index < -0.39 is 5.82 Å². The van der Waals surface area contributed by atoms with Gasteiger partial charge in [-0.15, -0.1) is 0 Å². The second-order valence-electron chi connectivity index (χ2n) is 3.90. The molecule has 0 saturated carbocycles. The number of hydrogen-bond acceptors (Lipinski definition) is 2. The highest BCUT2D eigenvalue weighted by atomic mass is 35.5. The summed E-state index contributed by atoms with van der Waals surface area (Å²) in [5.41, 5.74) is 1.22. The van der Waals surface area contributed by atoms with Crippen LogP contribution in [0.1, 0.15) is 0 Å². The molecule has 0 radical (unpaired) electrons. The maximum absolute atomic E-state index is 13.2. The van der Waals surface area contributed by atoms with Crippen molar-refractivity contribution >= 4 is 28.9 Å². The van der Waals surface area contributed by atoms with Crippen molar-refractivity contribution in [1.82, 2.24) is 0 Å². The van der Waals surface area contributed by atoms with Crippen LogP contribution in [-0.4, -0.2) is 12.5 Å². The third kappa shape index (κ3) is 3.96. The largest absolute Gasteiger partial charge is 0.376 e. The summed E-state index contributed by atoms with van der Waals surface area (Å²) in [6, 6.07) is 13.5. The molecule has 0 atom stereocenters. The van der Waals surface area contributed by atoms with E-state index in [4.69, 9.17) is 11.6 Å². The summed E-state index contributed by atoms with van der Waals surface area (Å²) in [4.78, 5) is 11.7. The number of anilines is 2. The molecule has 2 rings (SSSR count). The fraction of sp³-hybridized carbons (Fsp3) is 0.0714. The SMILES string of the molecule is O=C(CNc1ccccc1)Nc1ccc(Cl)c(F)c1. The summed E-state index contributed by atoms with van der Waals surface area (Å²) in [5.74, 6) is -0.818. The summed E-state index contributed by atoms with van der Waals surface area (Å²) in [5, 5.41) is 5.57. The zero-order valence-corrected chi connectivity index (χ0v) is 10.7. The Bertz CT molecular complexity index is 575. The van der Waals surface area contributed by atoms with E-state index in [2.05, 4.69) is 10.6 Å². The van der Waals surface area contributed by atoms with Gasteiger partial charge >= 0.3 is 0 Å². The van der Waals surface area contributed by atoms with E-state index in [0.717, 1.165) is 5.69 Å². The molecule has 0 aromatic heterocycles. The molecule has 0 heterocycles. The van der Waals surface area contributed by atoms with Crippen LogP contribution >= 0.6 is 11.6 Å². The van der Waals surface area contributed by atoms with Gasteiger partial charge in [-0.1, -0.05) is 29.8 Å². The van der Waals surface area contributed by atoms with Gasteiger partial charge in [0.15, 0.2) is 0 Å². The molecule has 0 aliphatic heterocycles. The first kappa shape index (κ1) is 13.4. The summed E-state index contributed by atoms with van der Waals surface area (Å²) in [7, 11) is 0. The zero-order valence-electron chi connectivity index (χ0n) is 9.99. The first-order valence-corrected chi connectivity index (χ1v) is 6.07. The van der Waals surface area contributed by atoms with Crippen molar-refractivity contribution in [2.24, 2.45) is 0 Å². The lowest BCUT2D eigenvalue weighted by Crippen LogP contribution is -2.21. The van der Waals surface area contributed by atoms with Crippen LogP contribution in [0.5, 0.6) is 0 Å². The molecule has 19 heavy (non-hydrogen) atoms. The number of rotatable bonds is 4. The van der Waals surface area contributed by atoms with E-state index in [9.17, 15) is 9.18 Å². The topological polar surface area (TPSA) is 41.1 Å². The summed E-state index contributed by atoms with van der Waals surface area (Å²) < 4.78 is 13.2. The van der Waals surface area contributed by atoms with Crippen LogP contribution in [0.2, 0.25) is 5.02 Å². The van der Waals surface area contributed by atoms with Crippen LogP contribution in [-0.2, 0) is 4.79 Å². The standard InChI is InChI=1S/C14H12ClFN2O/c15-12-7-6-11(8-13(12)16)18-14(19)9-17-10-4-2-1-3-5-10/h1-8,17H,9H2,(H,18,19). The lowest BCUT2D eigenvalue weighted by Gasteiger charge is -2.08. The van der Waals surface area contributed by atoms with E-state index >= 15 is 0 Å². The van der Waals surface area contributed by atoms with Gasteiger partial charge in [-0.3, -0.25) is 4.79 Å². The van der Waals surface area contributed by atoms with Gasteiger partial charge in [0.1, 0.15) is 5.82 Å². The van der Waals surface area contributed by atoms with Gasteiger partial charge in [-0.2, -0.15) is 0 Å². The highest BCUT2D eigenvalue weighted by Gasteiger charge is 2.05. The molecule has 98 valence electrons. The number of halogens is 2. The molecule has 3 nitrogen and oxygen atoms in total. The van der Waals surface area contributed by atoms with Crippen molar-refractivity contribution < 1.29 is 9.18 Å². The molecule has 1 amide bonds. The minimum Gasteiger partial charge on any atom is -0.376 e. The van der Waals surface area contributed by atoms with Crippen molar-refractivity contribution in [2.75, 3.05) is 17.2 Å². The Morgan fingerprint density at radius 2 is 1.84 bits per heavy atom. The number of benzene rings is 2. The van der Waals surface area contributed by atoms with E-state index in [1.807, 2.05) is 30.3 Å². The van der Waals surface area contributed by atoms with Crippen LogP contribution < -0.4 is 10.6 Å². The van der Waals surface area contributed by atoms with Crippen molar-refractivity contribution in [3.63, 3.8) is 0 Å². The molecule has 0 aliphatic carbocycles. The van der Waals surface area contributed by atoms with Gasteiger partial charge in [-0.25, -0.2) is 4.39 Å². The smallest absolute Gasteiger partial charge is 0.243 e. The summed E-state index contributed by atoms with van der Waals surface area (Å²) in [6.45, 7) is 0.105. The van der Waals surface area contributed by atoms with Crippen molar-refractivity contribution in [3.05, 3.63) is 59.4 Å². The second kappa shape index (κ2) is 6.20. The number of hydrogen-bond donors (Lipinski definition) is 2. The maximum Gasteiger partial charge on any atom is 0.243 e. The predicted octanol–water partition coefficient (Wildman–Crippen LogP) is 3.53. The Hall–Kier alpha value is -2.07. The van der Waals surface area contributed by atoms with Crippen molar-refractivity contribution in [1.29, 1.82) is 0 Å². The van der Waals surface area contributed by atoms with Crippen LogP contribution in [0.4, 0.5) is 15.8 Å². The summed E-state index contributed by atoms with van der Waals surface area (Å²) >= 11 is 5.56. The van der Waals surface area contributed by atoms with Crippen LogP contribution in [0.25, 0.3) is 0 Å². The minimum absolute atomic E-state index is 0.0282. The first-order valence-electron chi connectivity index (χ1n) is 5.69. The van der Waals surface area contributed by atoms with E-state index in [-0.39, 0.29) is 17.5 Å². The number of amides is 1. The third-order valence-corrected chi connectivity index (χ3v) is 2.74. The maximum atomic E-state index is 13.2. The number of nitrogens with one attached hydrogen (secondary N) is 2. The highest BCUT2D eigenvalue weighted by Crippen LogP contribution is 2.18. The van der Waals surface area contributed by atoms with E-state index in [0.29, 0.717) is 5.69 Å². The quantitative estimate of drug-likeness (QED) is 0.898. The lowest BCUT2D eigenvalue weighted by atomic mass is 10.3. The monoisotopic (exact) mass is 278 g/mol. The van der Waals surface area contributed by atoms with Gasteiger partial charge in [-0.05, 0) is 30.3 Å². The van der Waals surface area contributed by atoms with E-state index in [1.54, 1.807) is 6.07 Å². The lowest BCUT2D eigenvalue weighted by molar-refractivity contribution is -0.114. The van der Waals surface area contributed by atoms with Crippen LogP contribution in [0.15, 0.2) is 48.5 Å². The van der Waals surface area contributed by atoms with Gasteiger partial charge in [0, 0.05) is 11.4 Å². The second-order valence-corrected chi connectivity index (χ2v) is 4.30. The average Bonchev–Trinajstić information content (AvgIpc) is 2.42. The van der Waals surface area contributed by atoms with Gasteiger partial charge in [0.05, 0.1) is 11.6 Å². The number of carbonyl (C=O) groups is 1. The molecular formula is C14H12ClFN2O.